The molecule has 162 valence electrons. The van der Waals surface area contributed by atoms with Gasteiger partial charge in [0, 0.05) is 37.2 Å². The number of hydrogen-bond donors (Lipinski definition) is 3. The van der Waals surface area contributed by atoms with Crippen LogP contribution in [0.3, 0.4) is 0 Å². The molecule has 1 aromatic carbocycles. The summed E-state index contributed by atoms with van der Waals surface area (Å²) in [6.07, 6.45) is 3.40. The number of H-pyrrole nitrogens is 1. The van der Waals surface area contributed by atoms with Crippen molar-refractivity contribution in [3.8, 4) is 11.3 Å². The highest BCUT2D eigenvalue weighted by molar-refractivity contribution is 5.92. The van der Waals surface area contributed by atoms with Crippen molar-refractivity contribution in [1.82, 2.24) is 30.5 Å². The summed E-state index contributed by atoms with van der Waals surface area (Å²) in [6, 6.07) is 11.4. The minimum absolute atomic E-state index is 0.232. The number of pyridine rings is 1. The zero-order chi connectivity index (χ0) is 21.9. The molecule has 32 heavy (non-hydrogen) atoms. The number of fused-ring (bicyclic) bond motifs is 1. The van der Waals surface area contributed by atoms with Crippen LogP contribution in [0.15, 0.2) is 48.8 Å². The number of anilines is 3. The van der Waals surface area contributed by atoms with Gasteiger partial charge in [-0.15, -0.1) is 0 Å². The molecule has 3 N–H and O–H groups in total. The van der Waals surface area contributed by atoms with Gasteiger partial charge < -0.3 is 20.3 Å². The first-order valence-corrected chi connectivity index (χ1v) is 10.3. The predicted molar refractivity (Wildman–Crippen MR) is 121 cm³/mol. The average molecular weight is 430 g/mol. The standard InChI is InChI=1S/C22H22N8O2/c1-23-21(31)17-5-4-16(13-24-17)26-20-11-18(14-2-3-15-12-25-29-19(15)10-14)27-22(28-20)30-6-8-32-9-7-30/h2-5,10-13H,6-9H2,1H3,(H,23,31)(H,25,29)(H,26,27,28). The maximum Gasteiger partial charge on any atom is 0.269 e. The van der Waals surface area contributed by atoms with Crippen LogP contribution >= 0.6 is 0 Å². The van der Waals surface area contributed by atoms with Crippen LogP contribution in [0, 0.1) is 0 Å². The molecule has 1 fully saturated rings. The Balaban J connectivity index is 1.50. The highest BCUT2D eigenvalue weighted by Gasteiger charge is 2.17. The van der Waals surface area contributed by atoms with Crippen LogP contribution in [-0.2, 0) is 4.74 Å². The van der Waals surface area contributed by atoms with Gasteiger partial charge in [-0.1, -0.05) is 12.1 Å². The van der Waals surface area contributed by atoms with Gasteiger partial charge in [0.25, 0.3) is 5.91 Å². The zero-order valence-electron chi connectivity index (χ0n) is 17.5. The van der Waals surface area contributed by atoms with Crippen molar-refractivity contribution in [3.05, 3.63) is 54.5 Å². The Morgan fingerprint density at radius 3 is 2.75 bits per heavy atom. The van der Waals surface area contributed by atoms with E-state index in [2.05, 4.69) is 30.7 Å². The van der Waals surface area contributed by atoms with E-state index in [1.807, 2.05) is 24.3 Å². The number of amides is 1. The maximum atomic E-state index is 11.7. The molecule has 4 heterocycles. The number of ether oxygens (including phenoxy) is 1. The van der Waals surface area contributed by atoms with Gasteiger partial charge in [0.2, 0.25) is 5.95 Å². The molecule has 0 aliphatic carbocycles. The lowest BCUT2D eigenvalue weighted by Gasteiger charge is -2.27. The van der Waals surface area contributed by atoms with Gasteiger partial charge >= 0.3 is 0 Å². The van der Waals surface area contributed by atoms with Crippen molar-refractivity contribution in [2.24, 2.45) is 0 Å². The molecule has 0 unspecified atom stereocenters. The second kappa shape index (κ2) is 8.60. The van der Waals surface area contributed by atoms with Crippen molar-refractivity contribution in [1.29, 1.82) is 0 Å². The number of morpholine rings is 1. The number of benzene rings is 1. The number of hydrogen-bond acceptors (Lipinski definition) is 8. The van der Waals surface area contributed by atoms with Crippen molar-refractivity contribution in [2.75, 3.05) is 43.6 Å². The first kappa shape index (κ1) is 19.9. The predicted octanol–water partition coefficient (Wildman–Crippen LogP) is 2.35. The summed E-state index contributed by atoms with van der Waals surface area (Å²) >= 11 is 0. The SMILES string of the molecule is CNC(=O)c1ccc(Nc2cc(-c3ccc4cn[nH]c4c3)nc(N3CCOCC3)n2)cn1. The number of nitrogens with one attached hydrogen (secondary N) is 3. The van der Waals surface area contributed by atoms with E-state index in [-0.39, 0.29) is 5.91 Å². The van der Waals surface area contributed by atoms with Gasteiger partial charge in [-0.05, 0) is 18.2 Å². The number of aromatic nitrogens is 5. The Morgan fingerprint density at radius 1 is 1.09 bits per heavy atom. The van der Waals surface area contributed by atoms with Crippen LogP contribution in [0.25, 0.3) is 22.2 Å². The molecule has 4 aromatic rings. The number of rotatable bonds is 5. The van der Waals surface area contributed by atoms with Gasteiger partial charge in [0.15, 0.2) is 0 Å². The molecular weight excluding hydrogens is 408 g/mol. The minimum atomic E-state index is -0.232. The van der Waals surface area contributed by atoms with Crippen molar-refractivity contribution in [3.63, 3.8) is 0 Å². The third-order valence-electron chi connectivity index (χ3n) is 5.24. The van der Waals surface area contributed by atoms with Crippen molar-refractivity contribution in [2.45, 2.75) is 0 Å². The van der Waals surface area contributed by atoms with Crippen LogP contribution in [0.4, 0.5) is 17.5 Å². The molecule has 1 aliphatic heterocycles. The van der Waals surface area contributed by atoms with Gasteiger partial charge in [-0.3, -0.25) is 9.89 Å². The first-order chi connectivity index (χ1) is 15.7. The lowest BCUT2D eigenvalue weighted by Crippen LogP contribution is -2.37. The summed E-state index contributed by atoms with van der Waals surface area (Å²) in [5.41, 5.74) is 3.75. The van der Waals surface area contributed by atoms with Gasteiger partial charge in [-0.25, -0.2) is 9.97 Å². The van der Waals surface area contributed by atoms with Crippen molar-refractivity contribution < 1.29 is 9.53 Å². The normalized spacial score (nSPS) is 13.8. The lowest BCUT2D eigenvalue weighted by molar-refractivity contribution is 0.0958. The smallest absolute Gasteiger partial charge is 0.269 e. The molecule has 0 spiro atoms. The monoisotopic (exact) mass is 430 g/mol. The van der Waals surface area contributed by atoms with E-state index in [0.29, 0.717) is 30.7 Å². The lowest BCUT2D eigenvalue weighted by atomic mass is 10.1. The molecule has 10 nitrogen and oxygen atoms in total. The summed E-state index contributed by atoms with van der Waals surface area (Å²) in [4.78, 5) is 27.6. The summed E-state index contributed by atoms with van der Waals surface area (Å²) in [7, 11) is 1.58. The number of aromatic amines is 1. The zero-order valence-corrected chi connectivity index (χ0v) is 17.5. The van der Waals surface area contributed by atoms with Crippen LogP contribution in [0.5, 0.6) is 0 Å². The van der Waals surface area contributed by atoms with E-state index in [9.17, 15) is 4.79 Å². The summed E-state index contributed by atoms with van der Waals surface area (Å²) in [5.74, 6) is 1.04. The highest BCUT2D eigenvalue weighted by Crippen LogP contribution is 2.27. The second-order valence-corrected chi connectivity index (χ2v) is 7.35. The van der Waals surface area contributed by atoms with Gasteiger partial charge in [-0.2, -0.15) is 10.1 Å². The maximum absolute atomic E-state index is 11.7. The fourth-order valence-corrected chi connectivity index (χ4v) is 3.53. The van der Waals surface area contributed by atoms with E-state index in [1.165, 1.54) is 0 Å². The molecule has 3 aromatic heterocycles. The van der Waals surface area contributed by atoms with E-state index in [0.717, 1.165) is 40.9 Å². The van der Waals surface area contributed by atoms with Crippen LogP contribution in [0.2, 0.25) is 0 Å². The highest BCUT2D eigenvalue weighted by atomic mass is 16.5. The molecule has 1 saturated heterocycles. The fraction of sp³-hybridized carbons (Fsp3) is 0.227. The van der Waals surface area contributed by atoms with E-state index < -0.39 is 0 Å². The minimum Gasteiger partial charge on any atom is -0.378 e. The van der Waals surface area contributed by atoms with Gasteiger partial charge in [0.05, 0.1) is 42.5 Å². The van der Waals surface area contributed by atoms with E-state index in [1.54, 1.807) is 31.6 Å². The largest absolute Gasteiger partial charge is 0.378 e. The molecule has 0 saturated carbocycles. The summed E-state index contributed by atoms with van der Waals surface area (Å²) in [5, 5.41) is 14.0. The molecular formula is C22H22N8O2. The fourth-order valence-electron chi connectivity index (χ4n) is 3.53. The summed E-state index contributed by atoms with van der Waals surface area (Å²) < 4.78 is 5.48. The Bertz CT molecular complexity index is 1250. The molecule has 0 bridgehead atoms. The van der Waals surface area contributed by atoms with Crippen LogP contribution < -0.4 is 15.5 Å². The topological polar surface area (TPSA) is 121 Å². The number of carbonyl (C=O) groups is 1. The van der Waals surface area contributed by atoms with Crippen molar-refractivity contribution >= 4 is 34.3 Å². The second-order valence-electron chi connectivity index (χ2n) is 7.35. The Labute approximate surface area is 184 Å². The quantitative estimate of drug-likeness (QED) is 0.441. The van der Waals surface area contributed by atoms with Crippen LogP contribution in [0.1, 0.15) is 10.5 Å². The Hall–Kier alpha value is -4.05. The molecule has 0 atom stereocenters. The first-order valence-electron chi connectivity index (χ1n) is 10.3. The van der Waals surface area contributed by atoms with E-state index in [4.69, 9.17) is 14.7 Å². The third-order valence-corrected chi connectivity index (χ3v) is 5.24. The summed E-state index contributed by atoms with van der Waals surface area (Å²) in [6.45, 7) is 2.73. The molecule has 1 aliphatic rings. The number of nitrogens with zero attached hydrogens (tertiary/aromatic N) is 5. The average Bonchev–Trinajstić information content (AvgIpc) is 3.32. The van der Waals surface area contributed by atoms with Crippen LogP contribution in [-0.4, -0.2) is 64.4 Å². The third kappa shape index (κ3) is 4.08. The van der Waals surface area contributed by atoms with E-state index >= 15 is 0 Å². The molecule has 1 amide bonds. The Morgan fingerprint density at radius 2 is 1.97 bits per heavy atom. The Kier molecular flexibility index (Phi) is 5.34. The molecule has 10 heteroatoms. The number of carbonyl (C=O) groups excluding carboxylic acids is 1. The van der Waals surface area contributed by atoms with Gasteiger partial charge in [0.1, 0.15) is 11.5 Å². The molecule has 0 radical (unpaired) electrons. The molecule has 5 rings (SSSR count).